The highest BCUT2D eigenvalue weighted by Crippen LogP contribution is 2.42. The zero-order valence-electron chi connectivity index (χ0n) is 14.9. The molecule has 1 fully saturated rings. The van der Waals surface area contributed by atoms with E-state index in [1.54, 1.807) is 0 Å². The number of fused-ring (bicyclic) bond motifs is 2. The summed E-state index contributed by atoms with van der Waals surface area (Å²) in [5.41, 5.74) is 1.69. The number of hydrogen-bond donors (Lipinski definition) is 1. The number of ether oxygens (including phenoxy) is 1. The molecule has 22 heavy (non-hydrogen) atoms. The summed E-state index contributed by atoms with van der Waals surface area (Å²) in [5.74, 6) is 0.398. The summed E-state index contributed by atoms with van der Waals surface area (Å²) in [4.78, 5) is 0. The summed E-state index contributed by atoms with van der Waals surface area (Å²) in [6.07, 6.45) is 13.4. The SMILES string of the molecule is CC1=C\C/C=C(\C)CC[C@@H]2O[C@@](C(C)C)(\C=C\1)CC[C@]2(C)O. The molecular weight excluding hydrogens is 272 g/mol. The molecule has 0 aromatic heterocycles. The maximum absolute atomic E-state index is 10.7. The molecule has 2 heteroatoms. The van der Waals surface area contributed by atoms with Gasteiger partial charge in [-0.1, -0.05) is 49.3 Å². The van der Waals surface area contributed by atoms with Gasteiger partial charge in [0.15, 0.2) is 0 Å². The highest BCUT2D eigenvalue weighted by Gasteiger charge is 2.46. The summed E-state index contributed by atoms with van der Waals surface area (Å²) in [5, 5.41) is 10.7. The maximum atomic E-state index is 10.7. The van der Waals surface area contributed by atoms with Crippen LogP contribution in [0.1, 0.15) is 66.7 Å². The second-order valence-corrected chi connectivity index (χ2v) is 7.68. The first-order chi connectivity index (χ1) is 10.3. The van der Waals surface area contributed by atoms with Crippen molar-refractivity contribution in [1.29, 1.82) is 0 Å². The molecule has 2 heterocycles. The summed E-state index contributed by atoms with van der Waals surface area (Å²) in [6, 6.07) is 0. The molecule has 2 rings (SSSR count). The van der Waals surface area contributed by atoms with Crippen molar-refractivity contribution in [2.45, 2.75) is 84.0 Å². The Morgan fingerprint density at radius 1 is 1.23 bits per heavy atom. The van der Waals surface area contributed by atoms with Crippen LogP contribution in [0.5, 0.6) is 0 Å². The minimum atomic E-state index is -0.721. The molecular formula is C20H32O2. The van der Waals surface area contributed by atoms with Gasteiger partial charge in [0, 0.05) is 0 Å². The molecule has 0 unspecified atom stereocenters. The first-order valence-electron chi connectivity index (χ1n) is 8.67. The van der Waals surface area contributed by atoms with Crippen molar-refractivity contribution < 1.29 is 9.84 Å². The van der Waals surface area contributed by atoms with Crippen molar-refractivity contribution in [2.24, 2.45) is 5.92 Å². The van der Waals surface area contributed by atoms with E-state index < -0.39 is 5.60 Å². The summed E-state index contributed by atoms with van der Waals surface area (Å²) < 4.78 is 6.53. The van der Waals surface area contributed by atoms with Crippen molar-refractivity contribution in [1.82, 2.24) is 0 Å². The Kier molecular flexibility index (Phi) is 5.34. The van der Waals surface area contributed by atoms with Gasteiger partial charge in [-0.15, -0.1) is 0 Å². The lowest BCUT2D eigenvalue weighted by Gasteiger charge is -2.49. The van der Waals surface area contributed by atoms with Gasteiger partial charge >= 0.3 is 0 Å². The molecule has 3 atom stereocenters. The Bertz CT molecular complexity index is 482. The van der Waals surface area contributed by atoms with E-state index in [4.69, 9.17) is 4.74 Å². The molecule has 0 amide bonds. The summed E-state index contributed by atoms with van der Waals surface area (Å²) in [6.45, 7) is 10.7. The van der Waals surface area contributed by atoms with E-state index in [9.17, 15) is 5.11 Å². The van der Waals surface area contributed by atoms with Crippen molar-refractivity contribution in [3.63, 3.8) is 0 Å². The van der Waals surface area contributed by atoms with Crippen LogP contribution in [-0.2, 0) is 4.74 Å². The molecule has 2 aliphatic rings. The highest BCUT2D eigenvalue weighted by molar-refractivity contribution is 5.23. The lowest BCUT2D eigenvalue weighted by Crippen LogP contribution is -2.54. The van der Waals surface area contributed by atoms with Gasteiger partial charge in [-0.25, -0.2) is 0 Å². The third kappa shape index (κ3) is 3.91. The van der Waals surface area contributed by atoms with Gasteiger partial charge in [0.05, 0.1) is 17.3 Å². The fourth-order valence-corrected chi connectivity index (χ4v) is 3.42. The van der Waals surface area contributed by atoms with Crippen LogP contribution in [0, 0.1) is 5.92 Å². The third-order valence-electron chi connectivity index (χ3n) is 5.39. The molecule has 1 N–H and O–H groups in total. The molecule has 0 saturated carbocycles. The standard InChI is InChI=1S/C20H32O2/c1-15(2)20-12-11-17(4)8-6-7-16(3)9-10-18(22-20)19(5,21)13-14-20/h7-8,11-12,15,18,21H,6,9-10,13-14H2,1-5H3/b12-11+,16-7+,17-8+/t18-,19-,20-/m0/s1. The summed E-state index contributed by atoms with van der Waals surface area (Å²) >= 11 is 0. The van der Waals surface area contributed by atoms with E-state index in [1.807, 2.05) is 6.92 Å². The normalized spacial score (nSPS) is 43.3. The molecule has 0 aliphatic carbocycles. The van der Waals surface area contributed by atoms with Gasteiger partial charge < -0.3 is 9.84 Å². The van der Waals surface area contributed by atoms with E-state index in [2.05, 4.69) is 52.0 Å². The van der Waals surface area contributed by atoms with Crippen LogP contribution in [0.2, 0.25) is 0 Å². The Morgan fingerprint density at radius 3 is 2.64 bits per heavy atom. The average molecular weight is 304 g/mol. The largest absolute Gasteiger partial charge is 0.387 e. The molecule has 0 radical (unpaired) electrons. The predicted molar refractivity (Wildman–Crippen MR) is 92.8 cm³/mol. The van der Waals surface area contributed by atoms with E-state index >= 15 is 0 Å². The van der Waals surface area contributed by atoms with Crippen LogP contribution in [0.4, 0.5) is 0 Å². The van der Waals surface area contributed by atoms with E-state index in [-0.39, 0.29) is 11.7 Å². The molecule has 0 aromatic carbocycles. The van der Waals surface area contributed by atoms with Gasteiger partial charge in [0.1, 0.15) is 0 Å². The smallest absolute Gasteiger partial charge is 0.0894 e. The van der Waals surface area contributed by atoms with Crippen molar-refractivity contribution in [2.75, 3.05) is 0 Å². The average Bonchev–Trinajstić information content (AvgIpc) is 2.43. The minimum absolute atomic E-state index is 0.0969. The highest BCUT2D eigenvalue weighted by atomic mass is 16.5. The molecule has 1 saturated heterocycles. The van der Waals surface area contributed by atoms with E-state index in [0.717, 1.165) is 32.1 Å². The van der Waals surface area contributed by atoms with Gasteiger partial charge in [-0.3, -0.25) is 0 Å². The van der Waals surface area contributed by atoms with Crippen LogP contribution in [0.15, 0.2) is 35.5 Å². The summed E-state index contributed by atoms with van der Waals surface area (Å²) in [7, 11) is 0. The maximum Gasteiger partial charge on any atom is 0.0894 e. The van der Waals surface area contributed by atoms with E-state index in [0.29, 0.717) is 5.92 Å². The number of aliphatic hydroxyl groups is 1. The van der Waals surface area contributed by atoms with Gasteiger partial charge in [-0.05, 0) is 58.8 Å². The van der Waals surface area contributed by atoms with Gasteiger partial charge in [-0.2, -0.15) is 0 Å². The minimum Gasteiger partial charge on any atom is -0.387 e. The lowest BCUT2D eigenvalue weighted by molar-refractivity contribution is -0.210. The first-order valence-corrected chi connectivity index (χ1v) is 8.67. The predicted octanol–water partition coefficient (Wildman–Crippen LogP) is 4.94. The third-order valence-corrected chi connectivity index (χ3v) is 5.39. The molecule has 2 bridgehead atoms. The fourth-order valence-electron chi connectivity index (χ4n) is 3.42. The Hall–Kier alpha value is -0.860. The zero-order valence-corrected chi connectivity index (χ0v) is 14.9. The zero-order chi connectivity index (χ0) is 16.4. The molecule has 2 aliphatic heterocycles. The Morgan fingerprint density at radius 2 is 1.95 bits per heavy atom. The van der Waals surface area contributed by atoms with Gasteiger partial charge in [0.25, 0.3) is 0 Å². The Labute approximate surface area is 136 Å². The second-order valence-electron chi connectivity index (χ2n) is 7.68. The Balaban J connectivity index is 2.37. The van der Waals surface area contributed by atoms with Crippen LogP contribution in [0.25, 0.3) is 0 Å². The lowest BCUT2D eigenvalue weighted by atomic mass is 9.75. The monoisotopic (exact) mass is 304 g/mol. The second kappa shape index (κ2) is 6.72. The number of allylic oxidation sites excluding steroid dienone is 5. The van der Waals surface area contributed by atoms with Crippen LogP contribution in [0.3, 0.4) is 0 Å². The van der Waals surface area contributed by atoms with Crippen LogP contribution in [-0.4, -0.2) is 22.4 Å². The van der Waals surface area contributed by atoms with E-state index in [1.165, 1.54) is 11.1 Å². The fraction of sp³-hybridized carbons (Fsp3) is 0.700. The number of hydrogen-bond acceptors (Lipinski definition) is 2. The van der Waals surface area contributed by atoms with Gasteiger partial charge in [0.2, 0.25) is 0 Å². The van der Waals surface area contributed by atoms with Crippen molar-refractivity contribution >= 4 is 0 Å². The van der Waals surface area contributed by atoms with Crippen LogP contribution < -0.4 is 0 Å². The van der Waals surface area contributed by atoms with Crippen molar-refractivity contribution in [3.05, 3.63) is 35.5 Å². The van der Waals surface area contributed by atoms with Crippen molar-refractivity contribution in [3.8, 4) is 0 Å². The molecule has 0 spiro atoms. The first kappa shape index (κ1) is 17.5. The molecule has 124 valence electrons. The molecule has 2 nitrogen and oxygen atoms in total. The quantitative estimate of drug-likeness (QED) is 0.695. The topological polar surface area (TPSA) is 29.5 Å². The molecule has 0 aromatic rings. The van der Waals surface area contributed by atoms with Crippen LogP contribution >= 0.6 is 0 Å². The number of rotatable bonds is 1.